The lowest BCUT2D eigenvalue weighted by Crippen LogP contribution is -2.39. The maximum Gasteiger partial charge on any atom is 0.0945 e. The average Bonchev–Trinajstić information content (AvgIpc) is 2.30. The van der Waals surface area contributed by atoms with E-state index in [1.165, 1.54) is 0 Å². The van der Waals surface area contributed by atoms with Crippen LogP contribution in [-0.2, 0) is 0 Å². The fourth-order valence-electron chi connectivity index (χ4n) is 1.75. The standard InChI is InChI=1S/C14H19NO/c1-4-10-15-13(11(2)3)14(16)12-8-6-5-7-9-12/h1,5-9,11,13-16H,10H2,2-3H3/t13-,14+/m1/s1. The van der Waals surface area contributed by atoms with E-state index in [0.29, 0.717) is 12.5 Å². The van der Waals surface area contributed by atoms with Crippen LogP contribution in [0.4, 0.5) is 0 Å². The second kappa shape index (κ2) is 6.32. The first kappa shape index (κ1) is 12.8. The van der Waals surface area contributed by atoms with E-state index in [1.807, 2.05) is 30.3 Å². The largest absolute Gasteiger partial charge is 0.387 e. The van der Waals surface area contributed by atoms with Crippen LogP contribution in [0.25, 0.3) is 0 Å². The number of benzene rings is 1. The first-order valence-electron chi connectivity index (χ1n) is 5.56. The fourth-order valence-corrected chi connectivity index (χ4v) is 1.75. The van der Waals surface area contributed by atoms with Gasteiger partial charge in [-0.1, -0.05) is 50.1 Å². The van der Waals surface area contributed by atoms with Crippen molar-refractivity contribution in [3.05, 3.63) is 35.9 Å². The molecule has 2 N–H and O–H groups in total. The quantitative estimate of drug-likeness (QED) is 0.739. The number of aliphatic hydroxyl groups is 1. The molecule has 0 radical (unpaired) electrons. The molecular weight excluding hydrogens is 198 g/mol. The lowest BCUT2D eigenvalue weighted by atomic mass is 9.93. The van der Waals surface area contributed by atoms with Gasteiger partial charge in [-0.25, -0.2) is 0 Å². The number of rotatable bonds is 5. The van der Waals surface area contributed by atoms with E-state index in [9.17, 15) is 5.11 Å². The Morgan fingerprint density at radius 1 is 1.31 bits per heavy atom. The summed E-state index contributed by atoms with van der Waals surface area (Å²) < 4.78 is 0. The van der Waals surface area contributed by atoms with E-state index >= 15 is 0 Å². The molecule has 2 heteroatoms. The normalized spacial score (nSPS) is 14.4. The van der Waals surface area contributed by atoms with Crippen molar-refractivity contribution in [2.75, 3.05) is 6.54 Å². The molecule has 0 aromatic heterocycles. The Balaban J connectivity index is 2.75. The number of terminal acetylenes is 1. The summed E-state index contributed by atoms with van der Waals surface area (Å²) in [6.45, 7) is 4.62. The molecule has 0 amide bonds. The van der Waals surface area contributed by atoms with Gasteiger partial charge < -0.3 is 10.4 Å². The molecule has 2 nitrogen and oxygen atoms in total. The van der Waals surface area contributed by atoms with Gasteiger partial charge in [0.05, 0.1) is 12.6 Å². The Bertz CT molecular complexity index is 340. The Labute approximate surface area is 97.7 Å². The van der Waals surface area contributed by atoms with Gasteiger partial charge in [-0.3, -0.25) is 0 Å². The summed E-state index contributed by atoms with van der Waals surface area (Å²) in [7, 11) is 0. The topological polar surface area (TPSA) is 32.3 Å². The third-order valence-electron chi connectivity index (χ3n) is 2.64. The van der Waals surface area contributed by atoms with Crippen LogP contribution in [0.3, 0.4) is 0 Å². The summed E-state index contributed by atoms with van der Waals surface area (Å²) >= 11 is 0. The van der Waals surface area contributed by atoms with Gasteiger partial charge in [0.2, 0.25) is 0 Å². The van der Waals surface area contributed by atoms with Gasteiger partial charge in [0, 0.05) is 6.04 Å². The third-order valence-corrected chi connectivity index (χ3v) is 2.64. The van der Waals surface area contributed by atoms with E-state index < -0.39 is 6.10 Å². The smallest absolute Gasteiger partial charge is 0.0945 e. The number of hydrogen-bond acceptors (Lipinski definition) is 2. The third kappa shape index (κ3) is 3.37. The van der Waals surface area contributed by atoms with Crippen LogP contribution in [0.5, 0.6) is 0 Å². The number of nitrogens with one attached hydrogen (secondary N) is 1. The molecule has 0 aliphatic heterocycles. The highest BCUT2D eigenvalue weighted by Crippen LogP contribution is 2.21. The van der Waals surface area contributed by atoms with Crippen LogP contribution in [0.1, 0.15) is 25.5 Å². The molecule has 0 aliphatic rings. The van der Waals surface area contributed by atoms with Crippen molar-refractivity contribution in [2.24, 2.45) is 5.92 Å². The van der Waals surface area contributed by atoms with Crippen LogP contribution in [-0.4, -0.2) is 17.7 Å². The van der Waals surface area contributed by atoms with Gasteiger partial charge in [0.25, 0.3) is 0 Å². The predicted molar refractivity (Wildman–Crippen MR) is 66.9 cm³/mol. The molecule has 16 heavy (non-hydrogen) atoms. The summed E-state index contributed by atoms with van der Waals surface area (Å²) in [6, 6.07) is 9.64. The van der Waals surface area contributed by atoms with Gasteiger partial charge in [-0.2, -0.15) is 0 Å². The van der Waals surface area contributed by atoms with Crippen molar-refractivity contribution in [1.82, 2.24) is 5.32 Å². The first-order valence-corrected chi connectivity index (χ1v) is 5.56. The molecule has 0 saturated heterocycles. The molecule has 2 atom stereocenters. The van der Waals surface area contributed by atoms with Crippen LogP contribution < -0.4 is 5.32 Å². The summed E-state index contributed by atoms with van der Waals surface area (Å²) in [6.07, 6.45) is 4.70. The summed E-state index contributed by atoms with van der Waals surface area (Å²) in [5.74, 6) is 2.86. The molecule has 1 aromatic carbocycles. The van der Waals surface area contributed by atoms with Gasteiger partial charge in [-0.15, -0.1) is 6.42 Å². The van der Waals surface area contributed by atoms with E-state index in [4.69, 9.17) is 6.42 Å². The molecule has 0 fully saturated rings. The van der Waals surface area contributed by atoms with Crippen molar-refractivity contribution in [3.8, 4) is 12.3 Å². The van der Waals surface area contributed by atoms with Crippen LogP contribution in [0.15, 0.2) is 30.3 Å². The van der Waals surface area contributed by atoms with Crippen LogP contribution in [0.2, 0.25) is 0 Å². The minimum Gasteiger partial charge on any atom is -0.387 e. The van der Waals surface area contributed by atoms with Gasteiger partial charge in [0.1, 0.15) is 0 Å². The molecule has 0 heterocycles. The van der Waals surface area contributed by atoms with E-state index in [0.717, 1.165) is 5.56 Å². The van der Waals surface area contributed by atoms with Crippen molar-refractivity contribution in [2.45, 2.75) is 26.0 Å². The zero-order valence-electron chi connectivity index (χ0n) is 9.85. The molecule has 0 unspecified atom stereocenters. The molecule has 1 aromatic rings. The molecular formula is C14H19NO. The molecule has 86 valence electrons. The van der Waals surface area contributed by atoms with Gasteiger partial charge in [-0.05, 0) is 11.5 Å². The zero-order valence-corrected chi connectivity index (χ0v) is 9.85. The second-order valence-corrected chi connectivity index (χ2v) is 4.21. The van der Waals surface area contributed by atoms with Crippen molar-refractivity contribution < 1.29 is 5.11 Å². The predicted octanol–water partition coefficient (Wildman–Crippen LogP) is 1.97. The monoisotopic (exact) mass is 217 g/mol. The minimum absolute atomic E-state index is 0.0153. The van der Waals surface area contributed by atoms with Crippen LogP contribution >= 0.6 is 0 Å². The van der Waals surface area contributed by atoms with E-state index in [2.05, 4.69) is 25.1 Å². The summed E-state index contributed by atoms with van der Waals surface area (Å²) in [5.41, 5.74) is 0.922. The zero-order chi connectivity index (χ0) is 12.0. The van der Waals surface area contributed by atoms with Crippen molar-refractivity contribution in [1.29, 1.82) is 0 Å². The number of aliphatic hydroxyl groups excluding tert-OH is 1. The summed E-state index contributed by atoms with van der Waals surface area (Å²) in [4.78, 5) is 0. The maximum absolute atomic E-state index is 10.2. The maximum atomic E-state index is 10.2. The van der Waals surface area contributed by atoms with E-state index in [-0.39, 0.29) is 6.04 Å². The fraction of sp³-hybridized carbons (Fsp3) is 0.429. The highest BCUT2D eigenvalue weighted by molar-refractivity contribution is 5.19. The Morgan fingerprint density at radius 2 is 1.94 bits per heavy atom. The molecule has 0 bridgehead atoms. The van der Waals surface area contributed by atoms with Crippen molar-refractivity contribution in [3.63, 3.8) is 0 Å². The second-order valence-electron chi connectivity index (χ2n) is 4.21. The Hall–Kier alpha value is -1.30. The average molecular weight is 217 g/mol. The van der Waals surface area contributed by atoms with Crippen molar-refractivity contribution >= 4 is 0 Å². The lowest BCUT2D eigenvalue weighted by Gasteiger charge is -2.27. The first-order chi connectivity index (χ1) is 7.66. The molecule has 0 spiro atoms. The molecule has 0 saturated carbocycles. The van der Waals surface area contributed by atoms with Crippen LogP contribution in [0, 0.1) is 18.3 Å². The molecule has 1 rings (SSSR count). The lowest BCUT2D eigenvalue weighted by molar-refractivity contribution is 0.108. The molecule has 0 aliphatic carbocycles. The highest BCUT2D eigenvalue weighted by atomic mass is 16.3. The Morgan fingerprint density at radius 3 is 2.44 bits per heavy atom. The van der Waals surface area contributed by atoms with Gasteiger partial charge in [0.15, 0.2) is 0 Å². The van der Waals surface area contributed by atoms with Gasteiger partial charge >= 0.3 is 0 Å². The number of hydrogen-bond donors (Lipinski definition) is 2. The summed E-state index contributed by atoms with van der Waals surface area (Å²) in [5, 5.41) is 13.4. The Kier molecular flexibility index (Phi) is 5.04. The minimum atomic E-state index is -0.519. The van der Waals surface area contributed by atoms with E-state index in [1.54, 1.807) is 0 Å². The SMILES string of the molecule is C#CCN[C@H](C(C)C)[C@@H](O)c1ccccc1. The highest BCUT2D eigenvalue weighted by Gasteiger charge is 2.22.